The van der Waals surface area contributed by atoms with E-state index >= 15 is 0 Å². The van der Waals surface area contributed by atoms with Crippen LogP contribution in [0.1, 0.15) is 75.5 Å². The number of unbranched alkanes of at least 4 members (excludes halogenated alkanes) is 2. The van der Waals surface area contributed by atoms with Crippen LogP contribution in [0, 0.1) is 23.4 Å². The highest BCUT2D eigenvalue weighted by molar-refractivity contribution is 5.67. The molecule has 0 fully saturated rings. The summed E-state index contributed by atoms with van der Waals surface area (Å²) in [5.41, 5.74) is 4.29. The minimum Gasteiger partial charge on any atom is -0.494 e. The van der Waals surface area contributed by atoms with Gasteiger partial charge in [0.25, 0.3) is 0 Å². The summed E-state index contributed by atoms with van der Waals surface area (Å²) in [6, 6.07) is 16.3. The molecule has 0 heterocycles. The third-order valence-corrected chi connectivity index (χ3v) is 7.44. The maximum atomic E-state index is 15.0. The molecule has 0 aromatic heterocycles. The van der Waals surface area contributed by atoms with E-state index in [9.17, 15) is 13.2 Å². The van der Waals surface area contributed by atoms with Crippen molar-refractivity contribution in [3.63, 3.8) is 0 Å². The molecule has 0 bridgehead atoms. The maximum Gasteiger partial charge on any atom is 0.166 e. The Labute approximate surface area is 219 Å². The van der Waals surface area contributed by atoms with Gasteiger partial charge in [-0.05, 0) is 92.2 Å². The van der Waals surface area contributed by atoms with E-state index in [0.29, 0.717) is 46.9 Å². The maximum absolute atomic E-state index is 15.0. The minimum atomic E-state index is -0.770. The second-order valence-corrected chi connectivity index (χ2v) is 10.0. The summed E-state index contributed by atoms with van der Waals surface area (Å²) in [5.74, 6) is -0.866. The van der Waals surface area contributed by atoms with E-state index in [1.807, 2.05) is 31.2 Å². The van der Waals surface area contributed by atoms with E-state index < -0.39 is 11.6 Å². The van der Waals surface area contributed by atoms with Crippen molar-refractivity contribution in [1.29, 1.82) is 0 Å². The molecule has 1 unspecified atom stereocenters. The van der Waals surface area contributed by atoms with Gasteiger partial charge in [-0.2, -0.15) is 0 Å². The molecule has 0 saturated carbocycles. The predicted molar refractivity (Wildman–Crippen MR) is 146 cm³/mol. The van der Waals surface area contributed by atoms with Crippen LogP contribution in [0.25, 0.3) is 16.7 Å². The first-order valence-corrected chi connectivity index (χ1v) is 13.7. The molecule has 0 radical (unpaired) electrons. The quantitative estimate of drug-likeness (QED) is 0.235. The molecular weight excluding hydrogens is 469 g/mol. The van der Waals surface area contributed by atoms with Gasteiger partial charge in [-0.25, -0.2) is 13.2 Å². The summed E-state index contributed by atoms with van der Waals surface area (Å²) in [4.78, 5) is 0. The lowest BCUT2D eigenvalue weighted by atomic mass is 9.83. The largest absolute Gasteiger partial charge is 0.494 e. The van der Waals surface area contributed by atoms with Crippen molar-refractivity contribution in [3.8, 4) is 16.9 Å². The molecule has 196 valence electrons. The molecule has 1 atom stereocenters. The van der Waals surface area contributed by atoms with E-state index in [1.54, 1.807) is 24.3 Å². The average Bonchev–Trinajstić information content (AvgIpc) is 2.91. The summed E-state index contributed by atoms with van der Waals surface area (Å²) in [7, 11) is 0. The van der Waals surface area contributed by atoms with E-state index in [4.69, 9.17) is 4.74 Å². The lowest BCUT2D eigenvalue weighted by Crippen LogP contribution is -2.08. The summed E-state index contributed by atoms with van der Waals surface area (Å²) < 4.78 is 49.9. The van der Waals surface area contributed by atoms with Crippen molar-refractivity contribution in [3.05, 3.63) is 94.8 Å². The van der Waals surface area contributed by atoms with Gasteiger partial charge < -0.3 is 4.74 Å². The van der Waals surface area contributed by atoms with Gasteiger partial charge >= 0.3 is 0 Å². The lowest BCUT2D eigenvalue weighted by Gasteiger charge is -2.23. The zero-order valence-electron chi connectivity index (χ0n) is 22.0. The first-order chi connectivity index (χ1) is 18.0. The van der Waals surface area contributed by atoms with Crippen LogP contribution in [-0.2, 0) is 12.8 Å². The van der Waals surface area contributed by atoms with Crippen molar-refractivity contribution in [2.45, 2.75) is 71.6 Å². The second kappa shape index (κ2) is 13.0. The van der Waals surface area contributed by atoms with Crippen molar-refractivity contribution < 1.29 is 17.9 Å². The normalized spacial score (nSPS) is 15.5. The Bertz CT molecular complexity index is 1210. The molecule has 0 saturated heterocycles. The molecule has 4 heteroatoms. The third kappa shape index (κ3) is 6.85. The topological polar surface area (TPSA) is 9.23 Å². The minimum absolute atomic E-state index is 0.264. The van der Waals surface area contributed by atoms with Crippen molar-refractivity contribution in [1.82, 2.24) is 0 Å². The van der Waals surface area contributed by atoms with Crippen LogP contribution in [0.15, 0.2) is 60.7 Å². The van der Waals surface area contributed by atoms with Gasteiger partial charge in [-0.15, -0.1) is 0 Å². The third-order valence-electron chi connectivity index (χ3n) is 7.44. The molecule has 1 aliphatic rings. The number of ether oxygens (including phenoxy) is 1. The Morgan fingerprint density at radius 2 is 1.62 bits per heavy atom. The van der Waals surface area contributed by atoms with E-state index in [-0.39, 0.29) is 5.82 Å². The molecule has 0 spiro atoms. The predicted octanol–water partition coefficient (Wildman–Crippen LogP) is 9.72. The van der Waals surface area contributed by atoms with Gasteiger partial charge in [0.2, 0.25) is 0 Å². The monoisotopic (exact) mass is 506 g/mol. The van der Waals surface area contributed by atoms with Crippen LogP contribution in [-0.4, -0.2) is 6.61 Å². The fourth-order valence-corrected chi connectivity index (χ4v) is 5.20. The summed E-state index contributed by atoms with van der Waals surface area (Å²) in [6.07, 6.45) is 10.4. The molecule has 4 rings (SSSR count). The summed E-state index contributed by atoms with van der Waals surface area (Å²) >= 11 is 0. The zero-order chi connectivity index (χ0) is 26.2. The van der Waals surface area contributed by atoms with Crippen LogP contribution in [0.2, 0.25) is 0 Å². The zero-order valence-corrected chi connectivity index (χ0v) is 22.0. The molecule has 3 aromatic rings. The molecule has 37 heavy (non-hydrogen) atoms. The fraction of sp³-hybridized carbons (Fsp3) is 0.394. The lowest BCUT2D eigenvalue weighted by molar-refractivity contribution is 0.338. The second-order valence-electron chi connectivity index (χ2n) is 10.0. The highest BCUT2D eigenvalue weighted by atomic mass is 19.2. The number of rotatable bonds is 11. The molecule has 1 nitrogen and oxygen atoms in total. The number of hydrogen-bond acceptors (Lipinski definition) is 1. The first-order valence-electron chi connectivity index (χ1n) is 13.7. The van der Waals surface area contributed by atoms with Gasteiger partial charge in [-0.1, -0.05) is 62.2 Å². The fourth-order valence-electron chi connectivity index (χ4n) is 5.20. The van der Waals surface area contributed by atoms with Gasteiger partial charge in [0.05, 0.1) is 6.61 Å². The molecule has 3 aromatic carbocycles. The van der Waals surface area contributed by atoms with Crippen LogP contribution in [0.4, 0.5) is 13.2 Å². The Kier molecular flexibility index (Phi) is 9.49. The van der Waals surface area contributed by atoms with Crippen LogP contribution >= 0.6 is 0 Å². The molecule has 0 amide bonds. The van der Waals surface area contributed by atoms with Gasteiger partial charge in [-0.3, -0.25) is 0 Å². The Morgan fingerprint density at radius 1 is 0.838 bits per heavy atom. The SMILES string of the molecule is CCCCCc1ccc(-c2ccc(CCC3CC=C(c4ccc(OCC)cc4F)CC3)c(F)c2F)cc1. The smallest absolute Gasteiger partial charge is 0.166 e. The van der Waals surface area contributed by atoms with E-state index in [2.05, 4.69) is 13.0 Å². The van der Waals surface area contributed by atoms with Crippen molar-refractivity contribution >= 4 is 5.57 Å². The number of halogens is 3. The molecule has 0 N–H and O–H groups in total. The van der Waals surface area contributed by atoms with Crippen LogP contribution in [0.3, 0.4) is 0 Å². The molecule has 1 aliphatic carbocycles. The standard InChI is InChI=1S/C33H37F3O/c1-3-5-6-7-23-8-15-26(16-9-23)30-20-18-27(32(35)33(30)36)17-12-24-10-13-25(14-11-24)29-21-19-28(37-4-2)22-31(29)34/h8-9,13,15-16,18-22,24H,3-7,10-12,14,17H2,1-2H3. The molecular formula is C33H37F3O. The highest BCUT2D eigenvalue weighted by Gasteiger charge is 2.20. The molecule has 0 aliphatic heterocycles. The Morgan fingerprint density at radius 3 is 2.30 bits per heavy atom. The Hall–Kier alpha value is -3.01. The van der Waals surface area contributed by atoms with Crippen LogP contribution < -0.4 is 4.74 Å². The summed E-state index contributed by atoms with van der Waals surface area (Å²) in [6.45, 7) is 4.56. The first kappa shape index (κ1) is 27.0. The van der Waals surface area contributed by atoms with Gasteiger partial charge in [0.15, 0.2) is 11.6 Å². The van der Waals surface area contributed by atoms with E-state index in [1.165, 1.54) is 24.5 Å². The number of hydrogen-bond donors (Lipinski definition) is 0. The van der Waals surface area contributed by atoms with E-state index in [0.717, 1.165) is 44.1 Å². The Balaban J connectivity index is 1.35. The highest BCUT2D eigenvalue weighted by Crippen LogP contribution is 2.35. The number of aryl methyl sites for hydroxylation is 2. The van der Waals surface area contributed by atoms with Gasteiger partial charge in [0, 0.05) is 17.2 Å². The van der Waals surface area contributed by atoms with Crippen LogP contribution in [0.5, 0.6) is 5.75 Å². The van der Waals surface area contributed by atoms with Crippen molar-refractivity contribution in [2.24, 2.45) is 5.92 Å². The number of benzene rings is 3. The number of allylic oxidation sites excluding steroid dienone is 2. The van der Waals surface area contributed by atoms with Crippen molar-refractivity contribution in [2.75, 3.05) is 6.61 Å². The van der Waals surface area contributed by atoms with Gasteiger partial charge in [0.1, 0.15) is 11.6 Å². The average molecular weight is 507 g/mol. The summed E-state index contributed by atoms with van der Waals surface area (Å²) in [5, 5.41) is 0.